The van der Waals surface area contributed by atoms with Crippen LogP contribution >= 0.6 is 0 Å². The monoisotopic (exact) mass is 253 g/mol. The van der Waals surface area contributed by atoms with Crippen molar-refractivity contribution >= 4 is 0 Å². The fourth-order valence-electron chi connectivity index (χ4n) is 2.74. The molecule has 2 aromatic carbocycles. The van der Waals surface area contributed by atoms with E-state index in [4.69, 9.17) is 0 Å². The third kappa shape index (κ3) is 2.49. The van der Waals surface area contributed by atoms with Gasteiger partial charge in [0.25, 0.3) is 0 Å². The van der Waals surface area contributed by atoms with Gasteiger partial charge < -0.3 is 10.4 Å². The Kier molecular flexibility index (Phi) is 3.26. The number of benzene rings is 2. The van der Waals surface area contributed by atoms with Crippen LogP contribution in [0.25, 0.3) is 0 Å². The maximum Gasteiger partial charge on any atom is 0.115 e. The Morgan fingerprint density at radius 2 is 1.89 bits per heavy atom. The van der Waals surface area contributed by atoms with Gasteiger partial charge in [0.05, 0.1) is 0 Å². The summed E-state index contributed by atoms with van der Waals surface area (Å²) in [6.07, 6.45) is 1.19. The summed E-state index contributed by atoms with van der Waals surface area (Å²) >= 11 is 0. The summed E-state index contributed by atoms with van der Waals surface area (Å²) in [4.78, 5) is 0. The van der Waals surface area contributed by atoms with Crippen LogP contribution in [0.15, 0.2) is 48.5 Å². The smallest absolute Gasteiger partial charge is 0.115 e. The predicted octanol–water partition coefficient (Wildman–Crippen LogP) is 3.38. The molecule has 2 heteroatoms. The highest BCUT2D eigenvalue weighted by atomic mass is 16.3. The number of fused-ring (bicyclic) bond motifs is 1. The average Bonchev–Trinajstić information content (AvgIpc) is 2.40. The molecular weight excluding hydrogens is 234 g/mol. The lowest BCUT2D eigenvalue weighted by Gasteiger charge is -2.31. The highest BCUT2D eigenvalue weighted by Crippen LogP contribution is 2.34. The van der Waals surface area contributed by atoms with E-state index in [9.17, 15) is 5.11 Å². The van der Waals surface area contributed by atoms with Gasteiger partial charge in [-0.3, -0.25) is 0 Å². The standard InChI is InChI=1S/C17H19NO/c1-12(13-6-8-16(19)9-7-13)18-11-15-10-14-4-2-3-5-17(14)15/h2-9,12,15,18-19H,10-11H2,1H3. The van der Waals surface area contributed by atoms with Crippen molar-refractivity contribution in [1.29, 1.82) is 0 Å². The zero-order valence-corrected chi connectivity index (χ0v) is 11.1. The van der Waals surface area contributed by atoms with Crippen molar-refractivity contribution in [2.75, 3.05) is 6.54 Å². The van der Waals surface area contributed by atoms with Gasteiger partial charge in [0.1, 0.15) is 5.75 Å². The van der Waals surface area contributed by atoms with Gasteiger partial charge in [-0.2, -0.15) is 0 Å². The van der Waals surface area contributed by atoms with E-state index in [0.29, 0.717) is 17.7 Å². The molecule has 19 heavy (non-hydrogen) atoms. The highest BCUT2D eigenvalue weighted by Gasteiger charge is 2.25. The fourth-order valence-corrected chi connectivity index (χ4v) is 2.74. The Morgan fingerprint density at radius 3 is 2.63 bits per heavy atom. The molecule has 2 unspecified atom stereocenters. The van der Waals surface area contributed by atoms with Gasteiger partial charge in [-0.1, -0.05) is 36.4 Å². The lowest BCUT2D eigenvalue weighted by Crippen LogP contribution is -2.30. The van der Waals surface area contributed by atoms with E-state index in [-0.39, 0.29) is 0 Å². The Bertz CT molecular complexity index is 562. The molecule has 2 aromatic rings. The number of phenols is 1. The first-order valence-electron chi connectivity index (χ1n) is 6.84. The van der Waals surface area contributed by atoms with E-state index in [2.05, 4.69) is 36.5 Å². The summed E-state index contributed by atoms with van der Waals surface area (Å²) in [6.45, 7) is 3.18. The Hall–Kier alpha value is -1.80. The minimum atomic E-state index is 0.313. The molecule has 0 saturated carbocycles. The van der Waals surface area contributed by atoms with Crippen molar-refractivity contribution in [2.45, 2.75) is 25.3 Å². The van der Waals surface area contributed by atoms with E-state index in [1.807, 2.05) is 12.1 Å². The van der Waals surface area contributed by atoms with E-state index in [1.54, 1.807) is 12.1 Å². The summed E-state index contributed by atoms with van der Waals surface area (Å²) in [5, 5.41) is 12.9. The second-order valence-corrected chi connectivity index (χ2v) is 5.32. The zero-order valence-electron chi connectivity index (χ0n) is 11.1. The second-order valence-electron chi connectivity index (χ2n) is 5.32. The summed E-state index contributed by atoms with van der Waals surface area (Å²) in [5.74, 6) is 0.972. The molecule has 2 nitrogen and oxygen atoms in total. The molecule has 2 atom stereocenters. The van der Waals surface area contributed by atoms with E-state index >= 15 is 0 Å². The molecule has 0 heterocycles. The third-order valence-electron chi connectivity index (χ3n) is 4.02. The first kappa shape index (κ1) is 12.2. The number of hydrogen-bond donors (Lipinski definition) is 2. The molecule has 0 fully saturated rings. The molecule has 2 N–H and O–H groups in total. The first-order valence-corrected chi connectivity index (χ1v) is 6.84. The fraction of sp³-hybridized carbons (Fsp3) is 0.294. The minimum absolute atomic E-state index is 0.313. The molecule has 0 spiro atoms. The topological polar surface area (TPSA) is 32.3 Å². The van der Waals surface area contributed by atoms with Gasteiger partial charge in [-0.15, -0.1) is 0 Å². The van der Waals surface area contributed by atoms with Crippen LogP contribution in [0.1, 0.15) is 35.6 Å². The third-order valence-corrected chi connectivity index (χ3v) is 4.02. The van der Waals surface area contributed by atoms with Crippen molar-refractivity contribution in [3.63, 3.8) is 0 Å². The lowest BCUT2D eigenvalue weighted by molar-refractivity contribution is 0.472. The maximum absolute atomic E-state index is 9.29. The molecule has 98 valence electrons. The van der Waals surface area contributed by atoms with Gasteiger partial charge >= 0.3 is 0 Å². The summed E-state index contributed by atoms with van der Waals surface area (Å²) < 4.78 is 0. The number of rotatable bonds is 4. The van der Waals surface area contributed by atoms with Crippen LogP contribution in [-0.2, 0) is 6.42 Å². The SMILES string of the molecule is CC(NCC1Cc2ccccc21)c1ccc(O)cc1. The largest absolute Gasteiger partial charge is 0.508 e. The Labute approximate surface area is 114 Å². The number of hydrogen-bond acceptors (Lipinski definition) is 2. The van der Waals surface area contributed by atoms with Gasteiger partial charge in [-0.05, 0) is 42.2 Å². The van der Waals surface area contributed by atoms with Gasteiger partial charge in [0.2, 0.25) is 0 Å². The van der Waals surface area contributed by atoms with Crippen LogP contribution < -0.4 is 5.32 Å². The number of phenolic OH excluding ortho intramolecular Hbond substituents is 1. The van der Waals surface area contributed by atoms with Crippen molar-refractivity contribution in [2.24, 2.45) is 0 Å². The summed E-state index contributed by atoms with van der Waals surface area (Å²) in [5.41, 5.74) is 4.20. The first-order chi connectivity index (χ1) is 9.24. The maximum atomic E-state index is 9.29. The molecule has 0 aliphatic heterocycles. The van der Waals surface area contributed by atoms with Gasteiger partial charge in [-0.25, -0.2) is 0 Å². The van der Waals surface area contributed by atoms with Crippen molar-refractivity contribution in [1.82, 2.24) is 5.32 Å². The molecule has 1 aliphatic carbocycles. The van der Waals surface area contributed by atoms with Gasteiger partial charge in [0.15, 0.2) is 0 Å². The van der Waals surface area contributed by atoms with Crippen molar-refractivity contribution < 1.29 is 5.11 Å². The van der Waals surface area contributed by atoms with Crippen LogP contribution in [0.3, 0.4) is 0 Å². The Balaban J connectivity index is 1.57. The Morgan fingerprint density at radius 1 is 1.16 bits per heavy atom. The quantitative estimate of drug-likeness (QED) is 0.875. The number of aromatic hydroxyl groups is 1. The molecule has 1 aliphatic rings. The molecule has 3 rings (SSSR count). The van der Waals surface area contributed by atoms with E-state index in [0.717, 1.165) is 6.54 Å². The second kappa shape index (κ2) is 5.06. The normalized spacial score (nSPS) is 18.5. The van der Waals surface area contributed by atoms with E-state index < -0.39 is 0 Å². The number of nitrogens with one attached hydrogen (secondary N) is 1. The van der Waals surface area contributed by atoms with Crippen LogP contribution in [0, 0.1) is 0 Å². The lowest BCUT2D eigenvalue weighted by atomic mass is 9.77. The van der Waals surface area contributed by atoms with E-state index in [1.165, 1.54) is 23.1 Å². The molecule has 0 radical (unpaired) electrons. The van der Waals surface area contributed by atoms with Crippen LogP contribution in [0.5, 0.6) is 5.75 Å². The highest BCUT2D eigenvalue weighted by molar-refractivity contribution is 5.40. The van der Waals surface area contributed by atoms with Gasteiger partial charge in [0, 0.05) is 18.5 Å². The predicted molar refractivity (Wildman–Crippen MR) is 77.4 cm³/mol. The molecule has 0 amide bonds. The van der Waals surface area contributed by atoms with Crippen molar-refractivity contribution in [3.05, 3.63) is 65.2 Å². The van der Waals surface area contributed by atoms with Crippen LogP contribution in [0.2, 0.25) is 0 Å². The molecule has 0 saturated heterocycles. The van der Waals surface area contributed by atoms with Crippen LogP contribution in [-0.4, -0.2) is 11.7 Å². The summed E-state index contributed by atoms with van der Waals surface area (Å²) in [7, 11) is 0. The van der Waals surface area contributed by atoms with Crippen LogP contribution in [0.4, 0.5) is 0 Å². The molecule has 0 bridgehead atoms. The molecule has 0 aromatic heterocycles. The minimum Gasteiger partial charge on any atom is -0.508 e. The van der Waals surface area contributed by atoms with Crippen molar-refractivity contribution in [3.8, 4) is 5.75 Å². The zero-order chi connectivity index (χ0) is 13.2. The molecular formula is C17H19NO. The average molecular weight is 253 g/mol. The summed E-state index contributed by atoms with van der Waals surface area (Å²) in [6, 6.07) is 16.4.